The van der Waals surface area contributed by atoms with Crippen LogP contribution in [-0.4, -0.2) is 20.6 Å². The lowest BCUT2D eigenvalue weighted by atomic mass is 10.1. The molecule has 0 unspecified atom stereocenters. The second-order valence-electron chi connectivity index (χ2n) is 6.31. The predicted octanol–water partition coefficient (Wildman–Crippen LogP) is 5.86. The lowest BCUT2D eigenvalue weighted by Gasteiger charge is -2.26. The SMILES string of the molecule is CCCCCCCN(c1ccccc1)c1ccc(N(C)C)cc1. The van der Waals surface area contributed by atoms with Crippen molar-refractivity contribution in [2.75, 3.05) is 30.4 Å². The van der Waals surface area contributed by atoms with Crippen molar-refractivity contribution >= 4 is 17.1 Å². The molecule has 23 heavy (non-hydrogen) atoms. The number of benzene rings is 2. The highest BCUT2D eigenvalue weighted by molar-refractivity contribution is 5.65. The van der Waals surface area contributed by atoms with E-state index < -0.39 is 0 Å². The van der Waals surface area contributed by atoms with Crippen molar-refractivity contribution in [2.45, 2.75) is 39.0 Å². The van der Waals surface area contributed by atoms with Gasteiger partial charge >= 0.3 is 0 Å². The van der Waals surface area contributed by atoms with Crippen molar-refractivity contribution < 1.29 is 0 Å². The molecule has 0 bridgehead atoms. The lowest BCUT2D eigenvalue weighted by molar-refractivity contribution is 0.634. The first-order valence-electron chi connectivity index (χ1n) is 8.82. The van der Waals surface area contributed by atoms with E-state index in [9.17, 15) is 0 Å². The van der Waals surface area contributed by atoms with E-state index in [0.29, 0.717) is 0 Å². The molecule has 0 atom stereocenters. The Hall–Kier alpha value is -1.96. The Balaban J connectivity index is 2.10. The van der Waals surface area contributed by atoms with Gasteiger partial charge in [-0.05, 0) is 42.8 Å². The molecule has 0 fully saturated rings. The average Bonchev–Trinajstić information content (AvgIpc) is 2.59. The Morgan fingerprint density at radius 1 is 0.652 bits per heavy atom. The van der Waals surface area contributed by atoms with Crippen LogP contribution in [0.5, 0.6) is 0 Å². The van der Waals surface area contributed by atoms with Crippen LogP contribution in [0, 0.1) is 0 Å². The van der Waals surface area contributed by atoms with Gasteiger partial charge in [0.25, 0.3) is 0 Å². The number of rotatable bonds is 9. The Morgan fingerprint density at radius 3 is 1.83 bits per heavy atom. The van der Waals surface area contributed by atoms with Gasteiger partial charge in [0.1, 0.15) is 0 Å². The molecule has 0 saturated heterocycles. The van der Waals surface area contributed by atoms with Crippen LogP contribution in [-0.2, 0) is 0 Å². The van der Waals surface area contributed by atoms with E-state index in [-0.39, 0.29) is 0 Å². The fourth-order valence-electron chi connectivity index (χ4n) is 2.82. The fourth-order valence-corrected chi connectivity index (χ4v) is 2.82. The Kier molecular flexibility index (Phi) is 6.99. The third kappa shape index (κ3) is 5.31. The first-order valence-corrected chi connectivity index (χ1v) is 8.82. The summed E-state index contributed by atoms with van der Waals surface area (Å²) < 4.78 is 0. The number of para-hydroxylation sites is 1. The van der Waals surface area contributed by atoms with E-state index in [0.717, 1.165) is 6.54 Å². The highest BCUT2D eigenvalue weighted by atomic mass is 15.1. The maximum absolute atomic E-state index is 2.44. The minimum absolute atomic E-state index is 1.08. The topological polar surface area (TPSA) is 6.48 Å². The molecule has 0 aliphatic heterocycles. The molecular weight excluding hydrogens is 280 g/mol. The minimum Gasteiger partial charge on any atom is -0.378 e. The summed E-state index contributed by atoms with van der Waals surface area (Å²) in [5.41, 5.74) is 3.79. The van der Waals surface area contributed by atoms with Gasteiger partial charge in [-0.3, -0.25) is 0 Å². The number of nitrogens with zero attached hydrogens (tertiary/aromatic N) is 2. The van der Waals surface area contributed by atoms with Crippen LogP contribution < -0.4 is 9.80 Å². The molecule has 2 rings (SSSR count). The zero-order valence-electron chi connectivity index (χ0n) is 14.8. The van der Waals surface area contributed by atoms with Crippen molar-refractivity contribution in [3.8, 4) is 0 Å². The Morgan fingerprint density at radius 2 is 1.22 bits per heavy atom. The van der Waals surface area contributed by atoms with Crippen molar-refractivity contribution in [1.82, 2.24) is 0 Å². The monoisotopic (exact) mass is 310 g/mol. The molecular formula is C21H30N2. The first-order chi connectivity index (χ1) is 11.2. The van der Waals surface area contributed by atoms with Crippen LogP contribution >= 0.6 is 0 Å². The summed E-state index contributed by atoms with van der Waals surface area (Å²) in [6.45, 7) is 3.34. The van der Waals surface area contributed by atoms with Gasteiger partial charge < -0.3 is 9.80 Å². The molecule has 0 aliphatic carbocycles. The van der Waals surface area contributed by atoms with Gasteiger partial charge in [0.05, 0.1) is 0 Å². The number of anilines is 3. The van der Waals surface area contributed by atoms with E-state index in [1.54, 1.807) is 0 Å². The highest BCUT2D eigenvalue weighted by Gasteiger charge is 2.09. The molecule has 0 N–H and O–H groups in total. The third-order valence-corrected chi connectivity index (χ3v) is 4.23. The van der Waals surface area contributed by atoms with E-state index in [2.05, 4.69) is 85.4 Å². The third-order valence-electron chi connectivity index (χ3n) is 4.23. The van der Waals surface area contributed by atoms with E-state index in [1.807, 2.05) is 0 Å². The van der Waals surface area contributed by atoms with E-state index >= 15 is 0 Å². The standard InChI is InChI=1S/C21H30N2/c1-4-5-6-7-11-18-23(20-12-9-8-10-13-20)21-16-14-19(15-17-21)22(2)3/h8-10,12-17H,4-7,11,18H2,1-3H3. The minimum atomic E-state index is 1.08. The fraction of sp³-hybridized carbons (Fsp3) is 0.429. The summed E-state index contributed by atoms with van der Waals surface area (Å²) in [6, 6.07) is 19.6. The van der Waals surface area contributed by atoms with Crippen LogP contribution in [0.4, 0.5) is 17.1 Å². The second kappa shape index (κ2) is 9.24. The molecule has 0 heterocycles. The van der Waals surface area contributed by atoms with Crippen molar-refractivity contribution in [2.24, 2.45) is 0 Å². The van der Waals surface area contributed by atoms with Gasteiger partial charge in [-0.15, -0.1) is 0 Å². The average molecular weight is 310 g/mol. The summed E-state index contributed by atoms with van der Waals surface area (Å²) in [7, 11) is 4.16. The summed E-state index contributed by atoms with van der Waals surface area (Å²) in [6.07, 6.45) is 6.55. The molecule has 0 spiro atoms. The molecule has 0 aromatic heterocycles. The number of hydrogen-bond donors (Lipinski definition) is 0. The maximum Gasteiger partial charge on any atom is 0.0412 e. The van der Waals surface area contributed by atoms with Crippen molar-refractivity contribution in [3.63, 3.8) is 0 Å². The molecule has 2 aromatic carbocycles. The summed E-state index contributed by atoms with van der Waals surface area (Å²) in [5.74, 6) is 0. The van der Waals surface area contributed by atoms with Crippen molar-refractivity contribution in [1.29, 1.82) is 0 Å². The van der Waals surface area contributed by atoms with E-state index in [4.69, 9.17) is 0 Å². The first kappa shape index (κ1) is 17.4. The molecule has 0 aliphatic rings. The van der Waals surface area contributed by atoms with Gasteiger partial charge in [0.2, 0.25) is 0 Å². The largest absolute Gasteiger partial charge is 0.378 e. The zero-order valence-corrected chi connectivity index (χ0v) is 14.8. The second-order valence-corrected chi connectivity index (χ2v) is 6.31. The van der Waals surface area contributed by atoms with Gasteiger partial charge in [0.15, 0.2) is 0 Å². The Bertz CT molecular complexity index is 546. The molecule has 0 saturated carbocycles. The normalized spacial score (nSPS) is 10.6. The summed E-state index contributed by atoms with van der Waals surface area (Å²) >= 11 is 0. The van der Waals surface area contributed by atoms with Crippen LogP contribution in [0.15, 0.2) is 54.6 Å². The predicted molar refractivity (Wildman–Crippen MR) is 103 cm³/mol. The summed E-state index contributed by atoms with van der Waals surface area (Å²) in [4.78, 5) is 4.58. The molecule has 0 radical (unpaired) electrons. The van der Waals surface area contributed by atoms with Crippen LogP contribution in [0.25, 0.3) is 0 Å². The quantitative estimate of drug-likeness (QED) is 0.535. The van der Waals surface area contributed by atoms with Crippen LogP contribution in [0.2, 0.25) is 0 Å². The molecule has 2 nitrogen and oxygen atoms in total. The van der Waals surface area contributed by atoms with E-state index in [1.165, 1.54) is 49.2 Å². The molecule has 2 aromatic rings. The molecule has 0 amide bonds. The van der Waals surface area contributed by atoms with Gasteiger partial charge in [-0.2, -0.15) is 0 Å². The lowest BCUT2D eigenvalue weighted by Crippen LogP contribution is -2.18. The number of unbranched alkanes of at least 4 members (excludes halogenated alkanes) is 4. The molecule has 124 valence electrons. The number of hydrogen-bond acceptors (Lipinski definition) is 2. The summed E-state index contributed by atoms with van der Waals surface area (Å²) in [5, 5.41) is 0. The van der Waals surface area contributed by atoms with Gasteiger partial charge in [0, 0.05) is 37.7 Å². The maximum atomic E-state index is 2.44. The van der Waals surface area contributed by atoms with Crippen molar-refractivity contribution in [3.05, 3.63) is 54.6 Å². The van der Waals surface area contributed by atoms with Gasteiger partial charge in [-0.25, -0.2) is 0 Å². The highest BCUT2D eigenvalue weighted by Crippen LogP contribution is 2.27. The molecule has 2 heteroatoms. The zero-order chi connectivity index (χ0) is 16.5. The smallest absolute Gasteiger partial charge is 0.0412 e. The van der Waals surface area contributed by atoms with Gasteiger partial charge in [-0.1, -0.05) is 50.8 Å². The van der Waals surface area contributed by atoms with Crippen LogP contribution in [0.3, 0.4) is 0 Å². The van der Waals surface area contributed by atoms with Crippen LogP contribution in [0.1, 0.15) is 39.0 Å². The Labute approximate surface area is 141 Å².